The maximum absolute atomic E-state index is 6.21. The van der Waals surface area contributed by atoms with Crippen molar-refractivity contribution in [3.05, 3.63) is 77.9 Å². The molecule has 0 aliphatic heterocycles. The third kappa shape index (κ3) is 7.38. The van der Waals surface area contributed by atoms with Crippen LogP contribution < -0.4 is 10.1 Å². The highest BCUT2D eigenvalue weighted by Crippen LogP contribution is 2.28. The molecule has 3 aromatic rings. The van der Waals surface area contributed by atoms with Gasteiger partial charge < -0.3 is 10.1 Å². The van der Waals surface area contributed by atoms with Gasteiger partial charge in [-0.25, -0.2) is 0 Å². The molecule has 0 saturated carbocycles. The Morgan fingerprint density at radius 3 is 2.31 bits per heavy atom. The van der Waals surface area contributed by atoms with Crippen LogP contribution in [0.4, 0.5) is 0 Å². The van der Waals surface area contributed by atoms with Gasteiger partial charge in [0.1, 0.15) is 12.4 Å². The van der Waals surface area contributed by atoms with Crippen molar-refractivity contribution in [3.63, 3.8) is 0 Å². The van der Waals surface area contributed by atoms with Crippen molar-refractivity contribution in [2.45, 2.75) is 58.6 Å². The number of fused-ring (bicyclic) bond motifs is 1. The zero-order valence-electron chi connectivity index (χ0n) is 17.5. The lowest BCUT2D eigenvalue weighted by Gasteiger charge is -2.15. The molecule has 3 rings (SSSR count). The molecule has 0 bridgehead atoms. The number of nitrogens with one attached hydrogen (secondary N) is 1. The lowest BCUT2D eigenvalue weighted by molar-refractivity contribution is 0.302. The Balaban J connectivity index is 0.00000300. The quantitative estimate of drug-likeness (QED) is 0.316. The lowest BCUT2D eigenvalue weighted by Crippen LogP contribution is -2.16. The monoisotopic (exact) mass is 411 g/mol. The molecule has 0 atom stereocenters. The highest BCUT2D eigenvalue weighted by Gasteiger charge is 2.09. The molecule has 0 radical (unpaired) electrons. The fraction of sp³-hybridized carbons (Fsp3) is 0.385. The fourth-order valence-corrected chi connectivity index (χ4v) is 3.61. The SMILES string of the molecule is CCCCCCCCNCc1c(OCc2ccccc2)ccc2ccccc12.Cl. The zero-order valence-corrected chi connectivity index (χ0v) is 18.3. The summed E-state index contributed by atoms with van der Waals surface area (Å²) >= 11 is 0. The predicted molar refractivity (Wildman–Crippen MR) is 127 cm³/mol. The van der Waals surface area contributed by atoms with Crippen LogP contribution in [0.2, 0.25) is 0 Å². The minimum absolute atomic E-state index is 0. The summed E-state index contributed by atoms with van der Waals surface area (Å²) in [4.78, 5) is 0. The summed E-state index contributed by atoms with van der Waals surface area (Å²) in [5.41, 5.74) is 2.46. The Bertz CT molecular complexity index is 834. The summed E-state index contributed by atoms with van der Waals surface area (Å²) in [7, 11) is 0. The van der Waals surface area contributed by atoms with Gasteiger partial charge in [0, 0.05) is 12.1 Å². The minimum atomic E-state index is 0. The van der Waals surface area contributed by atoms with E-state index in [1.165, 1.54) is 60.4 Å². The highest BCUT2D eigenvalue weighted by molar-refractivity contribution is 5.87. The summed E-state index contributed by atoms with van der Waals surface area (Å²) in [6.07, 6.45) is 7.97. The molecule has 0 unspecified atom stereocenters. The number of rotatable bonds is 12. The van der Waals surface area contributed by atoms with Crippen molar-refractivity contribution in [1.82, 2.24) is 5.32 Å². The Morgan fingerprint density at radius 1 is 0.759 bits per heavy atom. The molecule has 0 amide bonds. The molecule has 0 spiro atoms. The van der Waals surface area contributed by atoms with Crippen molar-refractivity contribution in [1.29, 1.82) is 0 Å². The molecular weight excluding hydrogens is 378 g/mol. The second-order valence-electron chi connectivity index (χ2n) is 7.48. The van der Waals surface area contributed by atoms with E-state index in [9.17, 15) is 0 Å². The molecule has 3 aromatic carbocycles. The van der Waals surface area contributed by atoms with Crippen LogP contribution in [0.5, 0.6) is 5.75 Å². The molecule has 2 nitrogen and oxygen atoms in total. The first-order valence-electron chi connectivity index (χ1n) is 10.8. The normalized spacial score (nSPS) is 10.7. The van der Waals surface area contributed by atoms with Gasteiger partial charge in [-0.05, 0) is 35.4 Å². The van der Waals surface area contributed by atoms with Crippen LogP contribution in [0.3, 0.4) is 0 Å². The average Bonchev–Trinajstić information content (AvgIpc) is 2.75. The number of hydrogen-bond donors (Lipinski definition) is 1. The van der Waals surface area contributed by atoms with E-state index in [2.05, 4.69) is 72.9 Å². The van der Waals surface area contributed by atoms with E-state index >= 15 is 0 Å². The van der Waals surface area contributed by atoms with Gasteiger partial charge >= 0.3 is 0 Å². The van der Waals surface area contributed by atoms with Crippen molar-refractivity contribution in [2.24, 2.45) is 0 Å². The van der Waals surface area contributed by atoms with Gasteiger partial charge in [0.05, 0.1) is 0 Å². The maximum Gasteiger partial charge on any atom is 0.124 e. The molecule has 0 aliphatic rings. The van der Waals surface area contributed by atoms with Crippen molar-refractivity contribution in [3.8, 4) is 5.75 Å². The Morgan fingerprint density at radius 2 is 1.48 bits per heavy atom. The van der Waals surface area contributed by atoms with E-state index in [-0.39, 0.29) is 12.4 Å². The second-order valence-corrected chi connectivity index (χ2v) is 7.48. The number of ether oxygens (including phenoxy) is 1. The van der Waals surface area contributed by atoms with Gasteiger partial charge in [-0.1, -0.05) is 99.7 Å². The summed E-state index contributed by atoms with van der Waals surface area (Å²) in [5.74, 6) is 0.984. The Hall–Kier alpha value is -2.03. The summed E-state index contributed by atoms with van der Waals surface area (Å²) in [5, 5.41) is 6.19. The lowest BCUT2D eigenvalue weighted by atomic mass is 10.0. The number of hydrogen-bond acceptors (Lipinski definition) is 2. The van der Waals surface area contributed by atoms with Gasteiger partial charge in [0.25, 0.3) is 0 Å². The van der Waals surface area contributed by atoms with Crippen molar-refractivity contribution >= 4 is 23.2 Å². The van der Waals surface area contributed by atoms with E-state index in [4.69, 9.17) is 4.74 Å². The summed E-state index contributed by atoms with van der Waals surface area (Å²) in [6, 6.07) is 23.2. The first-order valence-corrected chi connectivity index (χ1v) is 10.8. The van der Waals surface area contributed by atoms with Gasteiger partial charge in [0.15, 0.2) is 0 Å². The molecule has 3 heteroatoms. The second kappa shape index (κ2) is 13.2. The van der Waals surface area contributed by atoms with Crippen LogP contribution in [0.25, 0.3) is 10.8 Å². The van der Waals surface area contributed by atoms with Crippen LogP contribution in [-0.4, -0.2) is 6.54 Å². The van der Waals surface area contributed by atoms with E-state index in [1.54, 1.807) is 0 Å². The van der Waals surface area contributed by atoms with Gasteiger partial charge in [-0.15, -0.1) is 12.4 Å². The first-order chi connectivity index (χ1) is 13.9. The molecule has 0 aliphatic carbocycles. The molecule has 0 aromatic heterocycles. The molecular formula is C26H34ClNO. The molecule has 0 saturated heterocycles. The highest BCUT2D eigenvalue weighted by atomic mass is 35.5. The average molecular weight is 412 g/mol. The topological polar surface area (TPSA) is 21.3 Å². The molecule has 29 heavy (non-hydrogen) atoms. The van der Waals surface area contributed by atoms with Crippen LogP contribution in [0, 0.1) is 0 Å². The van der Waals surface area contributed by atoms with Crippen LogP contribution in [0.15, 0.2) is 66.7 Å². The molecule has 0 fully saturated rings. The largest absolute Gasteiger partial charge is 0.489 e. The third-order valence-corrected chi connectivity index (χ3v) is 5.24. The predicted octanol–water partition coefficient (Wildman–Crippen LogP) is 7.29. The fourth-order valence-electron chi connectivity index (χ4n) is 3.61. The van der Waals surface area contributed by atoms with Gasteiger partial charge in [-0.2, -0.15) is 0 Å². The molecule has 156 valence electrons. The van der Waals surface area contributed by atoms with Gasteiger partial charge in [-0.3, -0.25) is 0 Å². The van der Waals surface area contributed by atoms with Crippen molar-refractivity contribution in [2.75, 3.05) is 6.54 Å². The summed E-state index contributed by atoms with van der Waals surface area (Å²) < 4.78 is 6.21. The number of benzene rings is 3. The Labute approximate surface area is 182 Å². The van der Waals surface area contributed by atoms with Gasteiger partial charge in [0.2, 0.25) is 0 Å². The van der Waals surface area contributed by atoms with E-state index in [1.807, 2.05) is 6.07 Å². The first kappa shape index (κ1) is 23.3. The zero-order chi connectivity index (χ0) is 19.4. The van der Waals surface area contributed by atoms with Crippen LogP contribution in [-0.2, 0) is 13.2 Å². The molecule has 1 N–H and O–H groups in total. The van der Waals surface area contributed by atoms with Crippen molar-refractivity contribution < 1.29 is 4.74 Å². The third-order valence-electron chi connectivity index (χ3n) is 5.24. The Kier molecular flexibility index (Phi) is 10.6. The van der Waals surface area contributed by atoms with E-state index in [0.29, 0.717) is 6.61 Å². The number of unbranched alkanes of at least 4 members (excludes halogenated alkanes) is 5. The molecule has 0 heterocycles. The van der Waals surface area contributed by atoms with Crippen LogP contribution >= 0.6 is 12.4 Å². The van der Waals surface area contributed by atoms with E-state index in [0.717, 1.165) is 18.8 Å². The minimum Gasteiger partial charge on any atom is -0.489 e. The van der Waals surface area contributed by atoms with Crippen LogP contribution in [0.1, 0.15) is 56.6 Å². The summed E-state index contributed by atoms with van der Waals surface area (Å²) in [6.45, 7) is 4.78. The number of halogens is 1. The smallest absolute Gasteiger partial charge is 0.124 e. The standard InChI is InChI=1S/C26H33NO.ClH/c1-2-3-4-5-6-12-19-27-20-25-24-16-11-10-15-23(24)17-18-26(25)28-21-22-13-8-7-9-14-22;/h7-11,13-18,27H,2-6,12,19-21H2,1H3;1H. The van der Waals surface area contributed by atoms with E-state index < -0.39 is 0 Å². The maximum atomic E-state index is 6.21.